The van der Waals surface area contributed by atoms with Crippen molar-refractivity contribution in [2.24, 2.45) is 0 Å². The predicted molar refractivity (Wildman–Crippen MR) is 106 cm³/mol. The summed E-state index contributed by atoms with van der Waals surface area (Å²) in [6.07, 6.45) is 0. The highest BCUT2D eigenvalue weighted by Crippen LogP contribution is 2.34. The van der Waals surface area contributed by atoms with Gasteiger partial charge in [0.05, 0.1) is 0 Å². The van der Waals surface area contributed by atoms with Crippen molar-refractivity contribution in [2.75, 3.05) is 0 Å². The van der Waals surface area contributed by atoms with E-state index in [2.05, 4.69) is 86.6 Å². The standard InChI is InChI=1S/C24H18O2/c1-15-3-7-17(8-4-15)21-11-19-13-24-20(14-23(19)25-21)12-22(26-24)18-9-5-16(2)6-10-18/h3-14H,1-2H3. The molecule has 26 heavy (non-hydrogen) atoms. The molecule has 0 unspecified atom stereocenters. The summed E-state index contributed by atoms with van der Waals surface area (Å²) >= 11 is 0. The molecule has 126 valence electrons. The third-order valence-electron chi connectivity index (χ3n) is 4.83. The van der Waals surface area contributed by atoms with E-state index in [0.717, 1.165) is 44.6 Å². The lowest BCUT2D eigenvalue weighted by molar-refractivity contribution is 0.627. The molecular formula is C24H18O2. The second-order valence-corrected chi connectivity index (χ2v) is 6.88. The lowest BCUT2D eigenvalue weighted by Gasteiger charge is -1.96. The van der Waals surface area contributed by atoms with Gasteiger partial charge in [0.15, 0.2) is 0 Å². The van der Waals surface area contributed by atoms with Gasteiger partial charge in [0.25, 0.3) is 0 Å². The minimum Gasteiger partial charge on any atom is -0.456 e. The van der Waals surface area contributed by atoms with Gasteiger partial charge in [-0.3, -0.25) is 0 Å². The van der Waals surface area contributed by atoms with Crippen molar-refractivity contribution in [3.05, 3.63) is 83.9 Å². The Balaban J connectivity index is 1.60. The number of furan rings is 2. The summed E-state index contributed by atoms with van der Waals surface area (Å²) in [7, 11) is 0. The van der Waals surface area contributed by atoms with E-state index in [4.69, 9.17) is 8.83 Å². The number of benzene rings is 3. The summed E-state index contributed by atoms with van der Waals surface area (Å²) in [4.78, 5) is 0. The van der Waals surface area contributed by atoms with Gasteiger partial charge in [-0.25, -0.2) is 0 Å². The molecule has 0 saturated heterocycles. The van der Waals surface area contributed by atoms with Crippen molar-refractivity contribution in [3.63, 3.8) is 0 Å². The normalized spacial score (nSPS) is 11.5. The SMILES string of the molecule is Cc1ccc(-c2cc3cc4oc(-c5ccc(C)cc5)cc4cc3o2)cc1. The molecule has 0 radical (unpaired) electrons. The largest absolute Gasteiger partial charge is 0.456 e. The van der Waals surface area contributed by atoms with Gasteiger partial charge in [-0.15, -0.1) is 0 Å². The highest BCUT2D eigenvalue weighted by Gasteiger charge is 2.11. The Hall–Kier alpha value is -3.26. The number of hydrogen-bond acceptors (Lipinski definition) is 2. The van der Waals surface area contributed by atoms with Crippen LogP contribution in [0, 0.1) is 13.8 Å². The Morgan fingerprint density at radius 3 is 1.27 bits per heavy atom. The molecule has 2 aromatic heterocycles. The summed E-state index contributed by atoms with van der Waals surface area (Å²) in [5.41, 5.74) is 6.42. The first-order valence-corrected chi connectivity index (χ1v) is 8.77. The number of aryl methyl sites for hydroxylation is 2. The Morgan fingerprint density at radius 1 is 0.500 bits per heavy atom. The molecule has 0 N–H and O–H groups in total. The lowest BCUT2D eigenvalue weighted by atomic mass is 10.1. The maximum Gasteiger partial charge on any atom is 0.135 e. The number of hydrogen-bond donors (Lipinski definition) is 0. The Morgan fingerprint density at radius 2 is 0.885 bits per heavy atom. The lowest BCUT2D eigenvalue weighted by Crippen LogP contribution is -1.74. The monoisotopic (exact) mass is 338 g/mol. The van der Waals surface area contributed by atoms with Gasteiger partial charge < -0.3 is 8.83 Å². The summed E-state index contributed by atoms with van der Waals surface area (Å²) in [5, 5.41) is 2.11. The second kappa shape index (κ2) is 5.63. The first-order chi connectivity index (χ1) is 12.7. The van der Waals surface area contributed by atoms with E-state index in [-0.39, 0.29) is 0 Å². The summed E-state index contributed by atoms with van der Waals surface area (Å²) < 4.78 is 12.2. The smallest absolute Gasteiger partial charge is 0.135 e. The van der Waals surface area contributed by atoms with Gasteiger partial charge in [0.2, 0.25) is 0 Å². The molecule has 0 aliphatic heterocycles. The molecule has 2 heterocycles. The van der Waals surface area contributed by atoms with Gasteiger partial charge in [-0.1, -0.05) is 59.7 Å². The molecule has 0 amide bonds. The van der Waals surface area contributed by atoms with E-state index in [1.165, 1.54) is 11.1 Å². The van der Waals surface area contributed by atoms with Gasteiger partial charge in [-0.2, -0.15) is 0 Å². The molecule has 5 rings (SSSR count). The molecule has 0 spiro atoms. The van der Waals surface area contributed by atoms with Gasteiger partial charge in [-0.05, 0) is 38.1 Å². The average Bonchev–Trinajstić information content (AvgIpc) is 3.23. The van der Waals surface area contributed by atoms with Crippen LogP contribution in [0.2, 0.25) is 0 Å². The molecule has 0 fully saturated rings. The highest BCUT2D eigenvalue weighted by molar-refractivity contribution is 5.96. The van der Waals surface area contributed by atoms with Crippen LogP contribution in [0.4, 0.5) is 0 Å². The zero-order chi connectivity index (χ0) is 17.7. The van der Waals surface area contributed by atoms with Crippen LogP contribution in [0.15, 0.2) is 81.6 Å². The quantitative estimate of drug-likeness (QED) is 0.342. The summed E-state index contributed by atoms with van der Waals surface area (Å²) in [6.45, 7) is 4.17. The molecule has 0 aliphatic rings. The van der Waals surface area contributed by atoms with Crippen molar-refractivity contribution < 1.29 is 8.83 Å². The van der Waals surface area contributed by atoms with E-state index >= 15 is 0 Å². The van der Waals surface area contributed by atoms with Gasteiger partial charge in [0, 0.05) is 21.9 Å². The molecule has 0 bridgehead atoms. The molecule has 2 heteroatoms. The van der Waals surface area contributed by atoms with Crippen molar-refractivity contribution in [1.29, 1.82) is 0 Å². The fourth-order valence-corrected chi connectivity index (χ4v) is 3.29. The summed E-state index contributed by atoms with van der Waals surface area (Å²) in [5.74, 6) is 1.76. The molecule has 2 nitrogen and oxygen atoms in total. The zero-order valence-corrected chi connectivity index (χ0v) is 14.7. The maximum atomic E-state index is 6.09. The zero-order valence-electron chi connectivity index (χ0n) is 14.7. The Bertz CT molecular complexity index is 1070. The van der Waals surface area contributed by atoms with Crippen LogP contribution < -0.4 is 0 Å². The predicted octanol–water partition coefficient (Wildman–Crippen LogP) is 7.13. The first kappa shape index (κ1) is 15.0. The Labute approximate surface area is 151 Å². The van der Waals surface area contributed by atoms with Crippen LogP contribution in [0.25, 0.3) is 44.6 Å². The fraction of sp³-hybridized carbons (Fsp3) is 0.0833. The average molecular weight is 338 g/mol. The molecule has 0 aliphatic carbocycles. The van der Waals surface area contributed by atoms with E-state index in [9.17, 15) is 0 Å². The van der Waals surface area contributed by atoms with Crippen LogP contribution in [-0.4, -0.2) is 0 Å². The third-order valence-corrected chi connectivity index (χ3v) is 4.83. The maximum absolute atomic E-state index is 6.09. The molecule has 0 atom stereocenters. The molecular weight excluding hydrogens is 320 g/mol. The van der Waals surface area contributed by atoms with Crippen molar-refractivity contribution in [3.8, 4) is 22.6 Å². The minimum atomic E-state index is 0.879. The topological polar surface area (TPSA) is 26.3 Å². The van der Waals surface area contributed by atoms with Crippen LogP contribution in [0.5, 0.6) is 0 Å². The van der Waals surface area contributed by atoms with Crippen LogP contribution in [0.1, 0.15) is 11.1 Å². The molecule has 5 aromatic rings. The first-order valence-electron chi connectivity index (χ1n) is 8.77. The Kier molecular flexibility index (Phi) is 3.26. The second-order valence-electron chi connectivity index (χ2n) is 6.88. The van der Waals surface area contributed by atoms with Crippen LogP contribution >= 0.6 is 0 Å². The van der Waals surface area contributed by atoms with E-state index in [0.29, 0.717) is 0 Å². The fourth-order valence-electron chi connectivity index (χ4n) is 3.29. The van der Waals surface area contributed by atoms with Crippen LogP contribution in [-0.2, 0) is 0 Å². The van der Waals surface area contributed by atoms with Gasteiger partial charge >= 0.3 is 0 Å². The van der Waals surface area contributed by atoms with Crippen molar-refractivity contribution >= 4 is 21.9 Å². The van der Waals surface area contributed by atoms with E-state index in [1.54, 1.807) is 0 Å². The van der Waals surface area contributed by atoms with Crippen molar-refractivity contribution in [1.82, 2.24) is 0 Å². The molecule has 3 aromatic carbocycles. The minimum absolute atomic E-state index is 0.879. The highest BCUT2D eigenvalue weighted by atomic mass is 16.3. The number of fused-ring (bicyclic) bond motifs is 2. The number of rotatable bonds is 2. The van der Waals surface area contributed by atoms with Crippen LogP contribution in [0.3, 0.4) is 0 Å². The summed E-state index contributed by atoms with van der Waals surface area (Å²) in [6, 6.07) is 25.0. The van der Waals surface area contributed by atoms with Crippen molar-refractivity contribution in [2.45, 2.75) is 13.8 Å². The van der Waals surface area contributed by atoms with E-state index < -0.39 is 0 Å². The van der Waals surface area contributed by atoms with E-state index in [1.807, 2.05) is 0 Å². The van der Waals surface area contributed by atoms with Gasteiger partial charge in [0.1, 0.15) is 22.7 Å². The third kappa shape index (κ3) is 2.51. The molecule has 0 saturated carbocycles.